The van der Waals surface area contributed by atoms with E-state index < -0.39 is 0 Å². The van der Waals surface area contributed by atoms with Crippen LogP contribution in [-0.2, 0) is 4.74 Å². The van der Waals surface area contributed by atoms with Crippen molar-refractivity contribution in [3.63, 3.8) is 0 Å². The largest absolute Gasteiger partial charge is 0.378 e. The Kier molecular flexibility index (Phi) is 4.65. The summed E-state index contributed by atoms with van der Waals surface area (Å²) in [6.07, 6.45) is 0. The molecule has 0 saturated carbocycles. The molecule has 1 aromatic rings. The summed E-state index contributed by atoms with van der Waals surface area (Å²) in [6, 6.07) is 1.47. The van der Waals surface area contributed by atoms with Gasteiger partial charge in [0.25, 0.3) is 0 Å². The molecule has 126 valence electrons. The number of carbonyl (C=O) groups excluding carboxylic acids is 2. The number of urea groups is 2. The Labute approximate surface area is 134 Å². The third kappa shape index (κ3) is 3.73. The third-order valence-corrected chi connectivity index (χ3v) is 3.98. The molecule has 9 nitrogen and oxygen atoms in total. The number of rotatable bonds is 1. The Morgan fingerprint density at radius 2 is 1.65 bits per heavy atom. The van der Waals surface area contributed by atoms with Crippen molar-refractivity contribution in [2.75, 3.05) is 57.8 Å². The summed E-state index contributed by atoms with van der Waals surface area (Å²) in [6.45, 7) is 6.26. The van der Waals surface area contributed by atoms with Crippen molar-refractivity contribution >= 4 is 17.9 Å². The van der Waals surface area contributed by atoms with E-state index in [0.717, 1.165) is 0 Å². The van der Waals surface area contributed by atoms with Crippen molar-refractivity contribution in [1.82, 2.24) is 19.9 Å². The summed E-state index contributed by atoms with van der Waals surface area (Å²) >= 11 is 0. The number of anilines is 1. The van der Waals surface area contributed by atoms with Gasteiger partial charge in [0.15, 0.2) is 5.82 Å². The fourth-order valence-corrected chi connectivity index (χ4v) is 2.67. The van der Waals surface area contributed by atoms with E-state index in [2.05, 4.69) is 10.5 Å². The summed E-state index contributed by atoms with van der Waals surface area (Å²) in [5.74, 6) is 1.04. The van der Waals surface area contributed by atoms with Crippen molar-refractivity contribution in [3.05, 3.63) is 11.8 Å². The molecule has 3 rings (SSSR count). The monoisotopic (exact) mass is 323 g/mol. The molecule has 23 heavy (non-hydrogen) atoms. The van der Waals surface area contributed by atoms with Crippen molar-refractivity contribution < 1.29 is 18.8 Å². The number of aryl methyl sites for hydroxylation is 1. The molecule has 0 aromatic carbocycles. The molecule has 0 unspecified atom stereocenters. The van der Waals surface area contributed by atoms with Gasteiger partial charge < -0.3 is 24.0 Å². The van der Waals surface area contributed by atoms with Gasteiger partial charge in [0.2, 0.25) is 0 Å². The van der Waals surface area contributed by atoms with E-state index in [-0.39, 0.29) is 12.1 Å². The average molecular weight is 323 g/mol. The van der Waals surface area contributed by atoms with Crippen LogP contribution in [0.1, 0.15) is 5.76 Å². The highest BCUT2D eigenvalue weighted by Crippen LogP contribution is 2.11. The van der Waals surface area contributed by atoms with Crippen LogP contribution in [0.15, 0.2) is 10.6 Å². The number of nitrogens with zero attached hydrogens (tertiary/aromatic N) is 4. The van der Waals surface area contributed by atoms with Crippen LogP contribution in [0.25, 0.3) is 0 Å². The van der Waals surface area contributed by atoms with Crippen LogP contribution < -0.4 is 5.32 Å². The van der Waals surface area contributed by atoms with E-state index in [4.69, 9.17) is 9.26 Å². The fraction of sp³-hybridized carbons (Fsp3) is 0.643. The van der Waals surface area contributed by atoms with Gasteiger partial charge in [-0.15, -0.1) is 0 Å². The zero-order valence-corrected chi connectivity index (χ0v) is 13.2. The van der Waals surface area contributed by atoms with E-state index in [9.17, 15) is 9.59 Å². The third-order valence-electron chi connectivity index (χ3n) is 3.98. The molecular formula is C14H21N5O4. The summed E-state index contributed by atoms with van der Waals surface area (Å²) in [5, 5.41) is 6.43. The molecule has 1 aromatic heterocycles. The van der Waals surface area contributed by atoms with Crippen molar-refractivity contribution in [2.45, 2.75) is 6.92 Å². The maximum Gasteiger partial charge on any atom is 0.323 e. The summed E-state index contributed by atoms with van der Waals surface area (Å²) in [7, 11) is 0. The van der Waals surface area contributed by atoms with Crippen LogP contribution in [0, 0.1) is 6.92 Å². The number of piperazine rings is 1. The number of carbonyl (C=O) groups is 2. The van der Waals surface area contributed by atoms with Gasteiger partial charge in [-0.25, -0.2) is 9.59 Å². The summed E-state index contributed by atoms with van der Waals surface area (Å²) in [5.41, 5.74) is 0. The molecule has 2 saturated heterocycles. The number of hydrogen-bond donors (Lipinski definition) is 1. The standard InChI is InChI=1S/C14H21N5O4/c1-11-10-12(16-23-11)15-13(20)17-2-4-18(5-3-17)14(21)19-6-8-22-9-7-19/h10H,2-9H2,1H3,(H,15,16,20). The first-order valence-electron chi connectivity index (χ1n) is 7.74. The van der Waals surface area contributed by atoms with Gasteiger partial charge in [-0.1, -0.05) is 5.16 Å². The highest BCUT2D eigenvalue weighted by atomic mass is 16.5. The van der Waals surface area contributed by atoms with Crippen LogP contribution in [-0.4, -0.2) is 84.4 Å². The van der Waals surface area contributed by atoms with Crippen molar-refractivity contribution in [2.24, 2.45) is 0 Å². The Hall–Kier alpha value is -2.29. The molecule has 9 heteroatoms. The van der Waals surface area contributed by atoms with E-state index in [1.54, 1.807) is 27.7 Å². The normalized spacial score (nSPS) is 18.9. The second kappa shape index (κ2) is 6.86. The molecule has 1 N–H and O–H groups in total. The topological polar surface area (TPSA) is 91.2 Å². The minimum Gasteiger partial charge on any atom is -0.378 e. The maximum atomic E-state index is 12.4. The smallest absolute Gasteiger partial charge is 0.323 e. The minimum atomic E-state index is -0.225. The first kappa shape index (κ1) is 15.6. The van der Waals surface area contributed by atoms with E-state index in [1.807, 2.05) is 0 Å². The van der Waals surface area contributed by atoms with Crippen LogP contribution in [0.4, 0.5) is 15.4 Å². The van der Waals surface area contributed by atoms with Gasteiger partial charge >= 0.3 is 12.1 Å². The number of ether oxygens (including phenoxy) is 1. The number of morpholine rings is 1. The first-order chi connectivity index (χ1) is 11.1. The zero-order valence-electron chi connectivity index (χ0n) is 13.2. The second-order valence-electron chi connectivity index (χ2n) is 5.61. The molecule has 2 aliphatic rings. The lowest BCUT2D eigenvalue weighted by Gasteiger charge is -2.38. The molecule has 4 amide bonds. The molecule has 0 bridgehead atoms. The number of aromatic nitrogens is 1. The lowest BCUT2D eigenvalue weighted by Crippen LogP contribution is -2.56. The van der Waals surface area contributed by atoms with Crippen LogP contribution in [0.2, 0.25) is 0 Å². The second-order valence-corrected chi connectivity index (χ2v) is 5.61. The Morgan fingerprint density at radius 3 is 2.26 bits per heavy atom. The molecular weight excluding hydrogens is 302 g/mol. The zero-order chi connectivity index (χ0) is 16.2. The van der Waals surface area contributed by atoms with Gasteiger partial charge in [0.1, 0.15) is 5.76 Å². The van der Waals surface area contributed by atoms with Gasteiger partial charge in [0.05, 0.1) is 13.2 Å². The Bertz CT molecular complexity index is 561. The Morgan fingerprint density at radius 1 is 1.04 bits per heavy atom. The first-order valence-corrected chi connectivity index (χ1v) is 7.74. The molecule has 0 spiro atoms. The van der Waals surface area contributed by atoms with Crippen LogP contribution in [0.5, 0.6) is 0 Å². The average Bonchev–Trinajstić information content (AvgIpc) is 3.00. The lowest BCUT2D eigenvalue weighted by atomic mass is 10.3. The molecule has 0 atom stereocenters. The van der Waals surface area contributed by atoms with E-state index >= 15 is 0 Å². The van der Waals surface area contributed by atoms with Gasteiger partial charge in [-0.2, -0.15) is 0 Å². The van der Waals surface area contributed by atoms with E-state index in [1.165, 1.54) is 0 Å². The lowest BCUT2D eigenvalue weighted by molar-refractivity contribution is 0.0394. The van der Waals surface area contributed by atoms with Crippen molar-refractivity contribution in [3.8, 4) is 0 Å². The molecule has 0 aliphatic carbocycles. The predicted molar refractivity (Wildman–Crippen MR) is 81.2 cm³/mol. The van der Waals surface area contributed by atoms with Crippen molar-refractivity contribution in [1.29, 1.82) is 0 Å². The SMILES string of the molecule is Cc1cc(NC(=O)N2CCN(C(=O)N3CCOCC3)CC2)no1. The highest BCUT2D eigenvalue weighted by molar-refractivity contribution is 5.88. The van der Waals surface area contributed by atoms with Gasteiger partial charge in [-0.05, 0) is 6.92 Å². The van der Waals surface area contributed by atoms with Gasteiger partial charge in [-0.3, -0.25) is 5.32 Å². The van der Waals surface area contributed by atoms with Gasteiger partial charge in [0, 0.05) is 45.3 Å². The predicted octanol–water partition coefficient (Wildman–Crippen LogP) is 0.585. The maximum absolute atomic E-state index is 12.4. The number of hydrogen-bond acceptors (Lipinski definition) is 5. The highest BCUT2D eigenvalue weighted by Gasteiger charge is 2.28. The van der Waals surface area contributed by atoms with E-state index in [0.29, 0.717) is 64.1 Å². The van der Waals surface area contributed by atoms with Crippen LogP contribution >= 0.6 is 0 Å². The number of nitrogens with one attached hydrogen (secondary N) is 1. The molecule has 2 fully saturated rings. The quantitative estimate of drug-likeness (QED) is 0.816. The number of amides is 4. The van der Waals surface area contributed by atoms with Crippen LogP contribution in [0.3, 0.4) is 0 Å². The summed E-state index contributed by atoms with van der Waals surface area (Å²) in [4.78, 5) is 29.8. The fourth-order valence-electron chi connectivity index (χ4n) is 2.67. The molecule has 0 radical (unpaired) electrons. The molecule has 3 heterocycles. The Balaban J connectivity index is 1.47. The molecule has 2 aliphatic heterocycles. The minimum absolute atomic E-state index is 0.0282. The summed E-state index contributed by atoms with van der Waals surface area (Å²) < 4.78 is 10.2.